The molecule has 1 aromatic carbocycles. The van der Waals surface area contributed by atoms with E-state index < -0.39 is 5.60 Å². The predicted molar refractivity (Wildman–Crippen MR) is 81.8 cm³/mol. The summed E-state index contributed by atoms with van der Waals surface area (Å²) in [6.07, 6.45) is 2.59. The summed E-state index contributed by atoms with van der Waals surface area (Å²) in [5, 5.41) is 17.2. The molecule has 1 heterocycles. The summed E-state index contributed by atoms with van der Waals surface area (Å²) in [6, 6.07) is 9.77. The number of benzene rings is 1. The fourth-order valence-corrected chi connectivity index (χ4v) is 3.25. The van der Waals surface area contributed by atoms with Gasteiger partial charge in [0.25, 0.3) is 0 Å². The molecule has 1 aliphatic carbocycles. The summed E-state index contributed by atoms with van der Waals surface area (Å²) in [4.78, 5) is 4.64. The normalized spacial score (nSPS) is 17.9. The lowest BCUT2D eigenvalue weighted by molar-refractivity contribution is 0.0566. The number of rotatable bonds is 6. The first-order valence-electron chi connectivity index (χ1n) is 7.08. The SMILES string of the molecule is CC(O)(CNCc1csc(C2CC2)n1)c1ccccc1. The van der Waals surface area contributed by atoms with Crippen molar-refractivity contribution in [3.8, 4) is 0 Å². The van der Waals surface area contributed by atoms with E-state index in [0.29, 0.717) is 13.1 Å². The van der Waals surface area contributed by atoms with Crippen molar-refractivity contribution < 1.29 is 5.11 Å². The van der Waals surface area contributed by atoms with Gasteiger partial charge in [0, 0.05) is 24.4 Å². The maximum atomic E-state index is 10.5. The molecule has 0 saturated heterocycles. The van der Waals surface area contributed by atoms with Crippen molar-refractivity contribution in [1.29, 1.82) is 0 Å². The molecule has 0 aliphatic heterocycles. The number of hydrogen-bond acceptors (Lipinski definition) is 4. The molecule has 0 radical (unpaired) electrons. The van der Waals surface area contributed by atoms with Crippen LogP contribution in [0.3, 0.4) is 0 Å². The summed E-state index contributed by atoms with van der Waals surface area (Å²) in [5.74, 6) is 0.723. The Morgan fingerprint density at radius 1 is 1.35 bits per heavy atom. The summed E-state index contributed by atoms with van der Waals surface area (Å²) in [5.41, 5.74) is 1.17. The van der Waals surface area contributed by atoms with Crippen molar-refractivity contribution in [3.05, 3.63) is 52.0 Å². The largest absolute Gasteiger partial charge is 0.384 e. The Morgan fingerprint density at radius 3 is 2.80 bits per heavy atom. The minimum Gasteiger partial charge on any atom is -0.384 e. The average Bonchev–Trinajstić information content (AvgIpc) is 3.20. The van der Waals surface area contributed by atoms with Crippen molar-refractivity contribution in [2.24, 2.45) is 0 Å². The molecular weight excluding hydrogens is 268 g/mol. The minimum absolute atomic E-state index is 0.521. The molecular formula is C16H20N2OS. The van der Waals surface area contributed by atoms with Gasteiger partial charge in [-0.1, -0.05) is 30.3 Å². The molecule has 2 N–H and O–H groups in total. The van der Waals surface area contributed by atoms with Crippen LogP contribution in [0, 0.1) is 0 Å². The second-order valence-corrected chi connectivity index (χ2v) is 6.58. The highest BCUT2D eigenvalue weighted by Gasteiger charge is 2.26. The third-order valence-corrected chi connectivity index (χ3v) is 4.72. The van der Waals surface area contributed by atoms with Crippen LogP contribution < -0.4 is 5.32 Å². The van der Waals surface area contributed by atoms with Crippen LogP contribution >= 0.6 is 11.3 Å². The van der Waals surface area contributed by atoms with E-state index in [2.05, 4.69) is 15.7 Å². The van der Waals surface area contributed by atoms with E-state index in [9.17, 15) is 5.11 Å². The van der Waals surface area contributed by atoms with Crippen LogP contribution in [-0.2, 0) is 12.1 Å². The van der Waals surface area contributed by atoms with Gasteiger partial charge in [-0.05, 0) is 25.3 Å². The Labute approximate surface area is 123 Å². The molecule has 0 bridgehead atoms. The molecule has 2 aromatic rings. The Kier molecular flexibility index (Phi) is 3.87. The fourth-order valence-electron chi connectivity index (χ4n) is 2.25. The Bertz CT molecular complexity index is 561. The molecule has 106 valence electrons. The molecule has 1 unspecified atom stereocenters. The second-order valence-electron chi connectivity index (χ2n) is 5.69. The zero-order chi connectivity index (χ0) is 14.0. The van der Waals surface area contributed by atoms with E-state index in [0.717, 1.165) is 17.2 Å². The lowest BCUT2D eigenvalue weighted by Crippen LogP contribution is -2.35. The van der Waals surface area contributed by atoms with Gasteiger partial charge in [0.2, 0.25) is 0 Å². The smallest absolute Gasteiger partial charge is 0.0992 e. The van der Waals surface area contributed by atoms with E-state index in [1.54, 1.807) is 11.3 Å². The third kappa shape index (κ3) is 3.26. The minimum atomic E-state index is -0.851. The Hall–Kier alpha value is -1.23. The highest BCUT2D eigenvalue weighted by Crippen LogP contribution is 2.41. The topological polar surface area (TPSA) is 45.1 Å². The Balaban J connectivity index is 1.53. The van der Waals surface area contributed by atoms with E-state index in [1.807, 2.05) is 37.3 Å². The fraction of sp³-hybridized carbons (Fsp3) is 0.438. The number of nitrogens with one attached hydrogen (secondary N) is 1. The van der Waals surface area contributed by atoms with Gasteiger partial charge in [-0.25, -0.2) is 4.98 Å². The predicted octanol–water partition coefficient (Wildman–Crippen LogP) is 3.02. The van der Waals surface area contributed by atoms with E-state index >= 15 is 0 Å². The number of hydrogen-bond donors (Lipinski definition) is 2. The molecule has 0 spiro atoms. The summed E-state index contributed by atoms with van der Waals surface area (Å²) in [6.45, 7) is 3.07. The first-order chi connectivity index (χ1) is 9.65. The van der Waals surface area contributed by atoms with Gasteiger partial charge in [0.05, 0.1) is 16.3 Å². The quantitative estimate of drug-likeness (QED) is 0.859. The van der Waals surface area contributed by atoms with Gasteiger partial charge in [0.15, 0.2) is 0 Å². The van der Waals surface area contributed by atoms with Crippen LogP contribution in [0.15, 0.2) is 35.7 Å². The maximum absolute atomic E-state index is 10.5. The van der Waals surface area contributed by atoms with Gasteiger partial charge in [-0.3, -0.25) is 0 Å². The third-order valence-electron chi connectivity index (χ3n) is 3.67. The average molecular weight is 288 g/mol. The summed E-state index contributed by atoms with van der Waals surface area (Å²) < 4.78 is 0. The lowest BCUT2D eigenvalue weighted by atomic mass is 9.96. The molecule has 1 atom stereocenters. The van der Waals surface area contributed by atoms with Crippen molar-refractivity contribution in [3.63, 3.8) is 0 Å². The van der Waals surface area contributed by atoms with Crippen LogP contribution in [0.4, 0.5) is 0 Å². The molecule has 3 rings (SSSR count). The van der Waals surface area contributed by atoms with Gasteiger partial charge in [0.1, 0.15) is 0 Å². The van der Waals surface area contributed by atoms with Crippen molar-refractivity contribution in [2.75, 3.05) is 6.54 Å². The Morgan fingerprint density at radius 2 is 2.10 bits per heavy atom. The lowest BCUT2D eigenvalue weighted by Gasteiger charge is -2.24. The molecule has 0 amide bonds. The van der Waals surface area contributed by atoms with E-state index in [4.69, 9.17) is 0 Å². The molecule has 1 saturated carbocycles. The van der Waals surface area contributed by atoms with Gasteiger partial charge >= 0.3 is 0 Å². The van der Waals surface area contributed by atoms with Crippen molar-refractivity contribution in [1.82, 2.24) is 10.3 Å². The number of aliphatic hydroxyl groups is 1. The van der Waals surface area contributed by atoms with Crippen LogP contribution in [-0.4, -0.2) is 16.6 Å². The molecule has 4 heteroatoms. The second kappa shape index (κ2) is 5.64. The highest BCUT2D eigenvalue weighted by atomic mass is 32.1. The summed E-state index contributed by atoms with van der Waals surface area (Å²) >= 11 is 1.76. The number of thiazole rings is 1. The van der Waals surface area contributed by atoms with Crippen molar-refractivity contribution in [2.45, 2.75) is 37.8 Å². The van der Waals surface area contributed by atoms with E-state index in [1.165, 1.54) is 17.8 Å². The molecule has 1 aromatic heterocycles. The monoisotopic (exact) mass is 288 g/mol. The summed E-state index contributed by atoms with van der Waals surface area (Å²) in [7, 11) is 0. The van der Waals surface area contributed by atoms with Crippen LogP contribution in [0.25, 0.3) is 0 Å². The van der Waals surface area contributed by atoms with Gasteiger partial charge in [-0.2, -0.15) is 0 Å². The van der Waals surface area contributed by atoms with Gasteiger partial charge < -0.3 is 10.4 Å². The van der Waals surface area contributed by atoms with Crippen LogP contribution in [0.2, 0.25) is 0 Å². The zero-order valence-corrected chi connectivity index (χ0v) is 12.5. The van der Waals surface area contributed by atoms with Gasteiger partial charge in [-0.15, -0.1) is 11.3 Å². The zero-order valence-electron chi connectivity index (χ0n) is 11.7. The molecule has 1 aliphatic rings. The maximum Gasteiger partial charge on any atom is 0.0992 e. The van der Waals surface area contributed by atoms with Crippen LogP contribution in [0.1, 0.15) is 41.9 Å². The number of nitrogens with zero attached hydrogens (tertiary/aromatic N) is 1. The molecule has 20 heavy (non-hydrogen) atoms. The highest BCUT2D eigenvalue weighted by molar-refractivity contribution is 7.09. The van der Waals surface area contributed by atoms with E-state index in [-0.39, 0.29) is 0 Å². The standard InChI is InChI=1S/C16H20N2OS/c1-16(19,13-5-3-2-4-6-13)11-17-9-14-10-20-15(18-14)12-7-8-12/h2-6,10,12,17,19H,7-9,11H2,1H3. The first-order valence-corrected chi connectivity index (χ1v) is 7.96. The molecule has 3 nitrogen and oxygen atoms in total. The number of aromatic nitrogens is 1. The van der Waals surface area contributed by atoms with Crippen LogP contribution in [0.5, 0.6) is 0 Å². The first kappa shape index (κ1) is 13.7. The molecule has 1 fully saturated rings. The van der Waals surface area contributed by atoms with Crippen molar-refractivity contribution >= 4 is 11.3 Å².